The summed E-state index contributed by atoms with van der Waals surface area (Å²) in [6.45, 7) is 2.08. The molecule has 0 unspecified atom stereocenters. The van der Waals surface area contributed by atoms with Gasteiger partial charge in [0.25, 0.3) is 0 Å². The SMILES string of the molecule is C[C@]1(CO)COc2ccccc2[C@H]1O. The van der Waals surface area contributed by atoms with Crippen LogP contribution in [0.2, 0.25) is 0 Å². The molecule has 0 fully saturated rings. The van der Waals surface area contributed by atoms with E-state index >= 15 is 0 Å². The van der Waals surface area contributed by atoms with Crippen LogP contribution in [-0.2, 0) is 0 Å². The lowest BCUT2D eigenvalue weighted by Gasteiger charge is -2.37. The number of aliphatic hydroxyl groups excluding tert-OH is 2. The van der Waals surface area contributed by atoms with E-state index in [1.165, 1.54) is 0 Å². The van der Waals surface area contributed by atoms with E-state index in [-0.39, 0.29) is 6.61 Å². The van der Waals surface area contributed by atoms with Crippen LogP contribution in [0.25, 0.3) is 0 Å². The molecule has 2 N–H and O–H groups in total. The van der Waals surface area contributed by atoms with Crippen molar-refractivity contribution in [2.24, 2.45) is 5.41 Å². The molecule has 0 bridgehead atoms. The largest absolute Gasteiger partial charge is 0.492 e. The highest BCUT2D eigenvalue weighted by molar-refractivity contribution is 5.38. The molecule has 14 heavy (non-hydrogen) atoms. The summed E-state index contributed by atoms with van der Waals surface area (Å²) in [7, 11) is 0. The van der Waals surface area contributed by atoms with Crippen molar-refractivity contribution in [1.82, 2.24) is 0 Å². The normalized spacial score (nSPS) is 30.6. The number of ether oxygens (including phenoxy) is 1. The number of aliphatic hydroxyl groups is 2. The van der Waals surface area contributed by atoms with Crippen LogP contribution in [0.4, 0.5) is 0 Å². The second-order valence-electron chi connectivity index (χ2n) is 4.04. The van der Waals surface area contributed by atoms with Gasteiger partial charge in [-0.25, -0.2) is 0 Å². The zero-order valence-corrected chi connectivity index (χ0v) is 8.10. The standard InChI is InChI=1S/C11H14O3/c1-11(6-12)7-14-9-5-3-2-4-8(9)10(11)13/h2-5,10,12-13H,6-7H2,1H3/t10-,11+/m1/s1. The van der Waals surface area contributed by atoms with Crippen LogP contribution < -0.4 is 4.74 Å². The van der Waals surface area contributed by atoms with E-state index < -0.39 is 11.5 Å². The van der Waals surface area contributed by atoms with Gasteiger partial charge >= 0.3 is 0 Å². The Labute approximate surface area is 83.0 Å². The molecule has 0 saturated heterocycles. The topological polar surface area (TPSA) is 49.7 Å². The molecule has 0 spiro atoms. The van der Waals surface area contributed by atoms with E-state index in [9.17, 15) is 10.2 Å². The lowest BCUT2D eigenvalue weighted by Crippen LogP contribution is -2.39. The van der Waals surface area contributed by atoms with Crippen LogP contribution in [0.3, 0.4) is 0 Å². The van der Waals surface area contributed by atoms with Gasteiger partial charge in [-0.2, -0.15) is 0 Å². The van der Waals surface area contributed by atoms with E-state index in [2.05, 4.69) is 0 Å². The zero-order chi connectivity index (χ0) is 10.2. The van der Waals surface area contributed by atoms with Gasteiger partial charge in [-0.15, -0.1) is 0 Å². The molecular formula is C11H14O3. The molecule has 3 heteroatoms. The van der Waals surface area contributed by atoms with E-state index in [4.69, 9.17) is 4.74 Å². The molecule has 2 atom stereocenters. The highest BCUT2D eigenvalue weighted by Gasteiger charge is 2.39. The molecule has 3 nitrogen and oxygen atoms in total. The first-order chi connectivity index (χ1) is 6.67. The molecule has 0 aliphatic carbocycles. The van der Waals surface area contributed by atoms with Gasteiger partial charge in [0.15, 0.2) is 0 Å². The summed E-state index contributed by atoms with van der Waals surface area (Å²) in [6.07, 6.45) is -0.655. The number of benzene rings is 1. The first kappa shape index (κ1) is 9.49. The molecule has 0 radical (unpaired) electrons. The Hall–Kier alpha value is -1.06. The summed E-state index contributed by atoms with van der Waals surface area (Å²) in [5.74, 6) is 0.714. The predicted octanol–water partition coefficient (Wildman–Crippen LogP) is 1.11. The maximum Gasteiger partial charge on any atom is 0.125 e. The Balaban J connectivity index is 2.41. The van der Waals surface area contributed by atoms with Crippen molar-refractivity contribution in [1.29, 1.82) is 0 Å². The Morgan fingerprint density at radius 3 is 2.93 bits per heavy atom. The molecule has 76 valence electrons. The summed E-state index contributed by atoms with van der Waals surface area (Å²) in [6, 6.07) is 7.38. The van der Waals surface area contributed by atoms with Crippen molar-refractivity contribution in [3.05, 3.63) is 29.8 Å². The summed E-state index contributed by atoms with van der Waals surface area (Å²) < 4.78 is 5.48. The predicted molar refractivity (Wildman–Crippen MR) is 52.1 cm³/mol. The Bertz CT molecular complexity index is 337. The number of hydrogen-bond donors (Lipinski definition) is 2. The number of para-hydroxylation sites is 1. The van der Waals surface area contributed by atoms with Crippen LogP contribution in [0, 0.1) is 5.41 Å². The van der Waals surface area contributed by atoms with Gasteiger partial charge in [0.2, 0.25) is 0 Å². The third-order valence-electron chi connectivity index (χ3n) is 2.79. The van der Waals surface area contributed by atoms with E-state index in [1.807, 2.05) is 31.2 Å². The molecule has 2 rings (SSSR count). The molecule has 1 aliphatic heterocycles. The zero-order valence-electron chi connectivity index (χ0n) is 8.10. The number of rotatable bonds is 1. The van der Waals surface area contributed by atoms with Gasteiger partial charge in [-0.3, -0.25) is 0 Å². The van der Waals surface area contributed by atoms with Crippen LogP contribution in [-0.4, -0.2) is 23.4 Å². The van der Waals surface area contributed by atoms with Crippen molar-refractivity contribution in [2.75, 3.05) is 13.2 Å². The average molecular weight is 194 g/mol. The fraction of sp³-hybridized carbons (Fsp3) is 0.455. The van der Waals surface area contributed by atoms with Crippen molar-refractivity contribution < 1.29 is 14.9 Å². The molecule has 1 aliphatic rings. The summed E-state index contributed by atoms with van der Waals surface area (Å²) in [5, 5.41) is 19.2. The quantitative estimate of drug-likeness (QED) is 0.704. The summed E-state index contributed by atoms with van der Waals surface area (Å²) >= 11 is 0. The van der Waals surface area contributed by atoms with Gasteiger partial charge in [-0.1, -0.05) is 25.1 Å². The fourth-order valence-electron chi connectivity index (χ4n) is 1.67. The minimum absolute atomic E-state index is 0.0809. The fourth-order valence-corrected chi connectivity index (χ4v) is 1.67. The second-order valence-corrected chi connectivity index (χ2v) is 4.04. The third kappa shape index (κ3) is 1.29. The molecule has 0 amide bonds. The third-order valence-corrected chi connectivity index (χ3v) is 2.79. The van der Waals surface area contributed by atoms with Crippen LogP contribution >= 0.6 is 0 Å². The van der Waals surface area contributed by atoms with E-state index in [0.717, 1.165) is 5.56 Å². The van der Waals surface area contributed by atoms with Gasteiger partial charge in [0.05, 0.1) is 24.7 Å². The van der Waals surface area contributed by atoms with Gasteiger partial charge in [0, 0.05) is 5.56 Å². The highest BCUT2D eigenvalue weighted by atomic mass is 16.5. The molecular weight excluding hydrogens is 180 g/mol. The van der Waals surface area contributed by atoms with Crippen molar-refractivity contribution in [3.8, 4) is 5.75 Å². The maximum absolute atomic E-state index is 10.0. The van der Waals surface area contributed by atoms with Crippen LogP contribution in [0.5, 0.6) is 5.75 Å². The van der Waals surface area contributed by atoms with Gasteiger partial charge < -0.3 is 14.9 Å². The van der Waals surface area contributed by atoms with Crippen molar-refractivity contribution in [3.63, 3.8) is 0 Å². The maximum atomic E-state index is 10.0. The number of hydrogen-bond acceptors (Lipinski definition) is 3. The van der Waals surface area contributed by atoms with E-state index in [0.29, 0.717) is 12.4 Å². The van der Waals surface area contributed by atoms with Crippen molar-refractivity contribution in [2.45, 2.75) is 13.0 Å². The van der Waals surface area contributed by atoms with Crippen LogP contribution in [0.1, 0.15) is 18.6 Å². The molecule has 1 heterocycles. The average Bonchev–Trinajstić information content (AvgIpc) is 2.24. The minimum atomic E-state index is -0.655. The van der Waals surface area contributed by atoms with Gasteiger partial charge in [-0.05, 0) is 6.07 Å². The Kier molecular flexibility index (Phi) is 2.21. The van der Waals surface area contributed by atoms with Crippen LogP contribution in [0.15, 0.2) is 24.3 Å². The van der Waals surface area contributed by atoms with Crippen molar-refractivity contribution >= 4 is 0 Å². The second kappa shape index (κ2) is 3.26. The summed E-state index contributed by atoms with van der Waals surface area (Å²) in [5.41, 5.74) is 0.171. The Morgan fingerprint density at radius 2 is 2.21 bits per heavy atom. The van der Waals surface area contributed by atoms with E-state index in [1.54, 1.807) is 0 Å². The monoisotopic (exact) mass is 194 g/mol. The molecule has 0 aromatic heterocycles. The molecule has 0 saturated carbocycles. The molecule has 1 aromatic rings. The minimum Gasteiger partial charge on any atom is -0.492 e. The lowest BCUT2D eigenvalue weighted by molar-refractivity contribution is -0.0526. The van der Waals surface area contributed by atoms with Gasteiger partial charge in [0.1, 0.15) is 5.75 Å². The first-order valence-corrected chi connectivity index (χ1v) is 4.68. The number of fused-ring (bicyclic) bond motifs is 1. The Morgan fingerprint density at radius 1 is 1.50 bits per heavy atom. The smallest absolute Gasteiger partial charge is 0.125 e. The summed E-state index contributed by atoms with van der Waals surface area (Å²) in [4.78, 5) is 0. The molecule has 1 aromatic carbocycles. The first-order valence-electron chi connectivity index (χ1n) is 4.68. The lowest BCUT2D eigenvalue weighted by atomic mass is 9.80. The highest BCUT2D eigenvalue weighted by Crippen LogP contribution is 2.42.